The van der Waals surface area contributed by atoms with Crippen molar-refractivity contribution in [2.24, 2.45) is 0 Å². The van der Waals surface area contributed by atoms with Gasteiger partial charge in [0.25, 0.3) is 0 Å². The van der Waals surface area contributed by atoms with Crippen LogP contribution in [0.2, 0.25) is 0 Å². The van der Waals surface area contributed by atoms with E-state index in [0.29, 0.717) is 0 Å². The molecule has 0 amide bonds. The van der Waals surface area contributed by atoms with Crippen molar-refractivity contribution < 1.29 is 4.42 Å². The molecule has 0 unspecified atom stereocenters. The van der Waals surface area contributed by atoms with Crippen LogP contribution in [0.3, 0.4) is 0 Å². The second-order valence-electron chi connectivity index (χ2n) is 8.61. The summed E-state index contributed by atoms with van der Waals surface area (Å²) in [6.45, 7) is 11.0. The lowest BCUT2D eigenvalue weighted by Gasteiger charge is -2.20. The average Bonchev–Trinajstić information content (AvgIpc) is 3.26. The lowest BCUT2D eigenvalue weighted by atomic mass is 9.85. The van der Waals surface area contributed by atoms with Crippen LogP contribution in [0.4, 0.5) is 0 Å². The average molecular weight is 357 g/mol. The van der Waals surface area contributed by atoms with Gasteiger partial charge < -0.3 is 4.42 Å². The predicted octanol–water partition coefficient (Wildman–Crippen LogP) is 7.21. The second kappa shape index (κ2) is 6.56. The fraction of sp³-hybridized carbons (Fsp3) is 0.308. The van der Waals surface area contributed by atoms with Gasteiger partial charge in [-0.25, -0.2) is 0 Å². The van der Waals surface area contributed by atoms with Gasteiger partial charge in [-0.15, -0.1) is 0 Å². The van der Waals surface area contributed by atoms with Crippen molar-refractivity contribution in [3.8, 4) is 11.1 Å². The maximum absolute atomic E-state index is 5.89. The van der Waals surface area contributed by atoms with Crippen LogP contribution in [0, 0.1) is 6.92 Å². The van der Waals surface area contributed by atoms with Crippen LogP contribution < -0.4 is 0 Å². The molecule has 27 heavy (non-hydrogen) atoms. The Morgan fingerprint density at radius 2 is 1.67 bits per heavy atom. The highest BCUT2D eigenvalue weighted by atomic mass is 16.3. The van der Waals surface area contributed by atoms with Crippen molar-refractivity contribution in [3.05, 3.63) is 82.3 Å². The fourth-order valence-electron chi connectivity index (χ4n) is 4.00. The summed E-state index contributed by atoms with van der Waals surface area (Å²) in [6, 6.07) is 17.9. The Bertz CT molecular complexity index is 1010. The van der Waals surface area contributed by atoms with E-state index in [4.69, 9.17) is 4.42 Å². The molecule has 1 aromatic heterocycles. The first-order valence-corrected chi connectivity index (χ1v) is 9.90. The molecule has 0 fully saturated rings. The molecule has 0 saturated heterocycles. The summed E-state index contributed by atoms with van der Waals surface area (Å²) >= 11 is 0. The SMILES string of the molecule is CCc1ccc2c(c1-c1ccc(C(C)(C)C)cc1)C=C(c1ccc(C)o1)C2. The highest BCUT2D eigenvalue weighted by molar-refractivity contribution is 5.94. The Morgan fingerprint density at radius 1 is 0.926 bits per heavy atom. The number of benzene rings is 2. The summed E-state index contributed by atoms with van der Waals surface area (Å²) < 4.78 is 5.89. The van der Waals surface area contributed by atoms with E-state index in [9.17, 15) is 0 Å². The monoisotopic (exact) mass is 356 g/mol. The van der Waals surface area contributed by atoms with Gasteiger partial charge in [0, 0.05) is 6.42 Å². The van der Waals surface area contributed by atoms with E-state index in [1.165, 1.54) is 39.0 Å². The minimum atomic E-state index is 0.176. The van der Waals surface area contributed by atoms with Crippen LogP contribution >= 0.6 is 0 Å². The molecule has 1 nitrogen and oxygen atoms in total. The first-order chi connectivity index (χ1) is 12.9. The Morgan fingerprint density at radius 3 is 2.26 bits per heavy atom. The molecular formula is C26H28O. The van der Waals surface area contributed by atoms with Crippen LogP contribution in [0.5, 0.6) is 0 Å². The van der Waals surface area contributed by atoms with Crippen molar-refractivity contribution in [1.82, 2.24) is 0 Å². The van der Waals surface area contributed by atoms with Gasteiger partial charge in [-0.2, -0.15) is 0 Å². The predicted molar refractivity (Wildman–Crippen MR) is 115 cm³/mol. The van der Waals surface area contributed by atoms with E-state index >= 15 is 0 Å². The van der Waals surface area contributed by atoms with Crippen molar-refractivity contribution in [3.63, 3.8) is 0 Å². The van der Waals surface area contributed by atoms with E-state index in [2.05, 4.69) is 76.2 Å². The molecule has 0 radical (unpaired) electrons. The molecule has 0 bridgehead atoms. The van der Waals surface area contributed by atoms with E-state index in [-0.39, 0.29) is 5.41 Å². The maximum Gasteiger partial charge on any atom is 0.130 e. The zero-order valence-corrected chi connectivity index (χ0v) is 17.0. The van der Waals surface area contributed by atoms with Crippen molar-refractivity contribution in [2.75, 3.05) is 0 Å². The van der Waals surface area contributed by atoms with Crippen LogP contribution in [-0.2, 0) is 18.3 Å². The zero-order chi connectivity index (χ0) is 19.2. The molecule has 4 rings (SSSR count). The van der Waals surface area contributed by atoms with Gasteiger partial charge >= 0.3 is 0 Å². The van der Waals surface area contributed by atoms with Gasteiger partial charge in [-0.1, -0.05) is 64.1 Å². The van der Waals surface area contributed by atoms with Gasteiger partial charge in [-0.05, 0) is 75.9 Å². The molecule has 0 N–H and O–H groups in total. The van der Waals surface area contributed by atoms with Crippen LogP contribution in [0.15, 0.2) is 52.9 Å². The van der Waals surface area contributed by atoms with Crippen LogP contribution in [0.1, 0.15) is 61.5 Å². The minimum Gasteiger partial charge on any atom is -0.462 e. The largest absolute Gasteiger partial charge is 0.462 e. The van der Waals surface area contributed by atoms with E-state index in [1.54, 1.807) is 0 Å². The molecule has 1 heteroatoms. The Kier molecular flexibility index (Phi) is 4.34. The molecule has 1 aliphatic rings. The maximum atomic E-state index is 5.89. The fourth-order valence-corrected chi connectivity index (χ4v) is 4.00. The van der Waals surface area contributed by atoms with Gasteiger partial charge in [0.1, 0.15) is 11.5 Å². The van der Waals surface area contributed by atoms with Crippen LogP contribution in [0.25, 0.3) is 22.8 Å². The molecular weight excluding hydrogens is 328 g/mol. The van der Waals surface area contributed by atoms with Gasteiger partial charge in [-0.3, -0.25) is 0 Å². The van der Waals surface area contributed by atoms with Gasteiger partial charge in [0.2, 0.25) is 0 Å². The summed E-state index contributed by atoms with van der Waals surface area (Å²) in [7, 11) is 0. The zero-order valence-electron chi connectivity index (χ0n) is 17.0. The molecule has 0 atom stereocenters. The van der Waals surface area contributed by atoms with Crippen LogP contribution in [-0.4, -0.2) is 0 Å². The quantitative estimate of drug-likeness (QED) is 0.483. The highest BCUT2D eigenvalue weighted by Gasteiger charge is 2.22. The molecule has 2 aromatic carbocycles. The lowest BCUT2D eigenvalue weighted by molar-refractivity contribution is 0.521. The third-order valence-corrected chi connectivity index (χ3v) is 5.60. The molecule has 1 aliphatic carbocycles. The number of aryl methyl sites for hydroxylation is 2. The number of rotatable bonds is 3. The minimum absolute atomic E-state index is 0.176. The molecule has 0 spiro atoms. The summed E-state index contributed by atoms with van der Waals surface area (Å²) in [6.07, 6.45) is 4.31. The molecule has 0 saturated carbocycles. The smallest absolute Gasteiger partial charge is 0.130 e. The van der Waals surface area contributed by atoms with E-state index in [1.807, 2.05) is 13.0 Å². The van der Waals surface area contributed by atoms with Crippen molar-refractivity contribution in [2.45, 2.75) is 52.9 Å². The lowest BCUT2D eigenvalue weighted by Crippen LogP contribution is -2.10. The standard InChI is InChI=1S/C26H28O/c1-6-18-8-9-20-15-21(24-14-7-17(2)27-24)16-23(20)25(18)19-10-12-22(13-11-19)26(3,4)5/h7-14,16H,6,15H2,1-5H3. The second-order valence-corrected chi connectivity index (χ2v) is 8.61. The normalized spacial score (nSPS) is 13.6. The highest BCUT2D eigenvalue weighted by Crippen LogP contribution is 2.40. The molecule has 138 valence electrons. The molecule has 3 aromatic rings. The Balaban J connectivity index is 1.82. The number of fused-ring (bicyclic) bond motifs is 1. The molecule has 1 heterocycles. The number of hydrogen-bond donors (Lipinski definition) is 0. The Labute approximate surface area is 162 Å². The molecule has 0 aliphatic heterocycles. The summed E-state index contributed by atoms with van der Waals surface area (Å²) in [5.41, 5.74) is 9.68. The number of allylic oxidation sites excluding steroid dienone is 1. The van der Waals surface area contributed by atoms with E-state index < -0.39 is 0 Å². The van der Waals surface area contributed by atoms with E-state index in [0.717, 1.165) is 24.4 Å². The topological polar surface area (TPSA) is 13.1 Å². The van der Waals surface area contributed by atoms with Gasteiger partial charge in [0.15, 0.2) is 0 Å². The first-order valence-electron chi connectivity index (χ1n) is 9.90. The summed E-state index contributed by atoms with van der Waals surface area (Å²) in [5, 5.41) is 0. The third kappa shape index (κ3) is 3.27. The summed E-state index contributed by atoms with van der Waals surface area (Å²) in [4.78, 5) is 0. The number of furan rings is 1. The Hall–Kier alpha value is -2.54. The first kappa shape index (κ1) is 17.9. The summed E-state index contributed by atoms with van der Waals surface area (Å²) in [5.74, 6) is 1.96. The number of hydrogen-bond acceptors (Lipinski definition) is 1. The third-order valence-electron chi connectivity index (χ3n) is 5.60. The van der Waals surface area contributed by atoms with Crippen molar-refractivity contribution >= 4 is 11.6 Å². The van der Waals surface area contributed by atoms with Crippen molar-refractivity contribution in [1.29, 1.82) is 0 Å². The van der Waals surface area contributed by atoms with Gasteiger partial charge in [0.05, 0.1) is 0 Å².